The molecule has 0 aromatic carbocycles. The molecule has 0 bridgehead atoms. The quantitative estimate of drug-likeness (QED) is 0.432. The molecule has 1 fully saturated rings. The Kier molecular flexibility index (Phi) is 3.10. The van der Waals surface area contributed by atoms with E-state index in [1.807, 2.05) is 0 Å². The fraction of sp³-hybridized carbons (Fsp3) is 0.900. The normalized spacial score (nSPS) is 19.9. The summed E-state index contributed by atoms with van der Waals surface area (Å²) >= 11 is 0. The average molecular weight is 154 g/mol. The Morgan fingerprint density at radius 2 is 2.09 bits per heavy atom. The van der Waals surface area contributed by atoms with Crippen molar-refractivity contribution in [3.8, 4) is 0 Å². The van der Waals surface area contributed by atoms with E-state index in [1.54, 1.807) is 5.71 Å². The molecule has 1 saturated carbocycles. The van der Waals surface area contributed by atoms with Gasteiger partial charge in [-0.15, -0.1) is 0 Å². The molecule has 0 heterocycles. The Balaban J connectivity index is 2.34. The molecule has 0 aromatic rings. The van der Waals surface area contributed by atoms with Crippen LogP contribution in [0.25, 0.3) is 0 Å². The summed E-state index contributed by atoms with van der Waals surface area (Å²) in [5.41, 5.74) is 1.58. The Morgan fingerprint density at radius 1 is 1.45 bits per heavy atom. The van der Waals surface area contributed by atoms with E-state index in [0.29, 0.717) is 0 Å². The summed E-state index contributed by atoms with van der Waals surface area (Å²) in [5, 5.41) is 0. The first kappa shape index (κ1) is 8.76. The summed E-state index contributed by atoms with van der Waals surface area (Å²) in [6.45, 7) is 4.53. The summed E-state index contributed by atoms with van der Waals surface area (Å²) in [6, 6.07) is 0.895. The first-order valence-electron chi connectivity index (χ1n) is 4.81. The van der Waals surface area contributed by atoms with Crippen molar-refractivity contribution in [1.29, 1.82) is 0 Å². The van der Waals surface area contributed by atoms with Crippen LogP contribution in [0.3, 0.4) is 0 Å². The second kappa shape index (κ2) is 3.89. The third-order valence-corrected chi connectivity index (χ3v) is 2.59. The van der Waals surface area contributed by atoms with E-state index in [0.717, 1.165) is 6.04 Å². The van der Waals surface area contributed by atoms with Crippen LogP contribution < -0.4 is 0 Å². The summed E-state index contributed by atoms with van der Waals surface area (Å²) in [5.74, 6) is 0. The standard InChI is InChI=1S/C10H20N/c1-4-5-6-9(2)11(3)10-7-8-10/h10H,4-8H2,1-3H3/q+1. The van der Waals surface area contributed by atoms with Crippen LogP contribution >= 0.6 is 0 Å². The highest BCUT2D eigenvalue weighted by Gasteiger charge is 2.31. The van der Waals surface area contributed by atoms with Gasteiger partial charge in [-0.25, -0.2) is 4.58 Å². The Hall–Kier alpha value is -0.330. The smallest absolute Gasteiger partial charge is 0.152 e. The van der Waals surface area contributed by atoms with E-state index in [9.17, 15) is 0 Å². The predicted octanol–water partition coefficient (Wildman–Crippen LogP) is 2.44. The van der Waals surface area contributed by atoms with Crippen LogP contribution in [0.2, 0.25) is 0 Å². The predicted molar refractivity (Wildman–Crippen MR) is 49.4 cm³/mol. The molecule has 0 amide bonds. The maximum atomic E-state index is 2.47. The molecular weight excluding hydrogens is 134 g/mol. The summed E-state index contributed by atoms with van der Waals surface area (Å²) in [4.78, 5) is 0. The van der Waals surface area contributed by atoms with Crippen molar-refractivity contribution in [2.45, 2.75) is 52.0 Å². The second-order valence-electron chi connectivity index (χ2n) is 3.68. The fourth-order valence-electron chi connectivity index (χ4n) is 1.38. The topological polar surface area (TPSA) is 3.01 Å². The number of rotatable bonds is 4. The molecule has 1 heteroatoms. The number of hydrogen-bond acceptors (Lipinski definition) is 0. The van der Waals surface area contributed by atoms with Crippen molar-refractivity contribution in [1.82, 2.24) is 0 Å². The average Bonchev–Trinajstić information content (AvgIpc) is 2.81. The fourth-order valence-corrected chi connectivity index (χ4v) is 1.38. The molecule has 0 N–H and O–H groups in total. The van der Waals surface area contributed by atoms with Crippen molar-refractivity contribution in [3.63, 3.8) is 0 Å². The minimum absolute atomic E-state index is 0.895. The largest absolute Gasteiger partial charge is 0.237 e. The van der Waals surface area contributed by atoms with Gasteiger partial charge in [0.05, 0.1) is 0 Å². The lowest BCUT2D eigenvalue weighted by Crippen LogP contribution is -2.16. The monoisotopic (exact) mass is 154 g/mol. The van der Waals surface area contributed by atoms with Crippen LogP contribution in [0, 0.1) is 0 Å². The molecule has 1 nitrogen and oxygen atoms in total. The van der Waals surface area contributed by atoms with E-state index >= 15 is 0 Å². The Bertz CT molecular complexity index is 154. The highest BCUT2D eigenvalue weighted by atomic mass is 15.0. The zero-order valence-corrected chi connectivity index (χ0v) is 8.06. The van der Waals surface area contributed by atoms with Crippen LogP contribution in [0.15, 0.2) is 0 Å². The molecule has 1 aliphatic carbocycles. The van der Waals surface area contributed by atoms with Crippen LogP contribution in [0.4, 0.5) is 0 Å². The molecule has 0 radical (unpaired) electrons. The SMILES string of the molecule is CCCCC(C)=[N+](C)C1CC1. The number of unbranched alkanes of at least 4 members (excludes halogenated alkanes) is 1. The van der Waals surface area contributed by atoms with Crippen molar-refractivity contribution in [2.24, 2.45) is 0 Å². The van der Waals surface area contributed by atoms with Crippen molar-refractivity contribution < 1.29 is 4.58 Å². The molecule has 0 unspecified atom stereocenters. The molecule has 0 aromatic heterocycles. The van der Waals surface area contributed by atoms with Gasteiger partial charge in [0.25, 0.3) is 0 Å². The van der Waals surface area contributed by atoms with E-state index in [1.165, 1.54) is 32.1 Å². The molecule has 1 aliphatic rings. The molecule has 1 rings (SSSR count). The van der Waals surface area contributed by atoms with E-state index in [-0.39, 0.29) is 0 Å². The summed E-state index contributed by atoms with van der Waals surface area (Å²) < 4.78 is 2.47. The number of nitrogens with zero attached hydrogens (tertiary/aromatic N) is 1. The lowest BCUT2D eigenvalue weighted by molar-refractivity contribution is -0.513. The zero-order valence-electron chi connectivity index (χ0n) is 8.06. The van der Waals surface area contributed by atoms with Gasteiger partial charge >= 0.3 is 0 Å². The Morgan fingerprint density at radius 3 is 2.55 bits per heavy atom. The van der Waals surface area contributed by atoms with Gasteiger partial charge < -0.3 is 0 Å². The summed E-state index contributed by atoms with van der Waals surface area (Å²) in [6.07, 6.45) is 6.79. The van der Waals surface area contributed by atoms with Gasteiger partial charge in [-0.2, -0.15) is 0 Å². The highest BCUT2D eigenvalue weighted by Crippen LogP contribution is 2.22. The van der Waals surface area contributed by atoms with Crippen molar-refractivity contribution in [3.05, 3.63) is 0 Å². The molecule has 11 heavy (non-hydrogen) atoms. The second-order valence-corrected chi connectivity index (χ2v) is 3.68. The maximum absolute atomic E-state index is 2.47. The molecule has 0 spiro atoms. The molecule has 64 valence electrons. The van der Waals surface area contributed by atoms with E-state index in [4.69, 9.17) is 0 Å². The number of hydrogen-bond donors (Lipinski definition) is 0. The minimum atomic E-state index is 0.895. The van der Waals surface area contributed by atoms with Crippen molar-refractivity contribution in [2.75, 3.05) is 7.05 Å². The maximum Gasteiger partial charge on any atom is 0.152 e. The lowest BCUT2D eigenvalue weighted by Gasteiger charge is -1.99. The van der Waals surface area contributed by atoms with Gasteiger partial charge in [0.1, 0.15) is 12.8 Å². The van der Waals surface area contributed by atoms with E-state index in [2.05, 4.69) is 25.5 Å². The molecule has 0 saturated heterocycles. The third kappa shape index (κ3) is 2.64. The minimum Gasteiger partial charge on any atom is -0.237 e. The van der Waals surface area contributed by atoms with Gasteiger partial charge in [0, 0.05) is 26.2 Å². The zero-order chi connectivity index (χ0) is 8.27. The van der Waals surface area contributed by atoms with E-state index < -0.39 is 0 Å². The molecule has 0 aliphatic heterocycles. The van der Waals surface area contributed by atoms with Crippen LogP contribution in [-0.2, 0) is 0 Å². The van der Waals surface area contributed by atoms with Gasteiger partial charge in [-0.1, -0.05) is 13.3 Å². The first-order chi connectivity index (χ1) is 5.25. The van der Waals surface area contributed by atoms with Crippen LogP contribution in [0.5, 0.6) is 0 Å². The van der Waals surface area contributed by atoms with Gasteiger partial charge in [0.15, 0.2) is 6.04 Å². The molecule has 0 atom stereocenters. The summed E-state index contributed by atoms with van der Waals surface area (Å²) in [7, 11) is 2.24. The van der Waals surface area contributed by atoms with Crippen LogP contribution in [0.1, 0.15) is 46.0 Å². The van der Waals surface area contributed by atoms with Crippen molar-refractivity contribution >= 4 is 5.71 Å². The first-order valence-corrected chi connectivity index (χ1v) is 4.81. The molecular formula is C10H20N+. The van der Waals surface area contributed by atoms with Gasteiger partial charge in [0.2, 0.25) is 0 Å². The highest BCUT2D eigenvalue weighted by molar-refractivity contribution is 5.76. The van der Waals surface area contributed by atoms with Crippen LogP contribution in [-0.4, -0.2) is 23.4 Å². The third-order valence-electron chi connectivity index (χ3n) is 2.59. The Labute approximate surface area is 70.1 Å². The van der Waals surface area contributed by atoms with Gasteiger partial charge in [-0.3, -0.25) is 0 Å². The van der Waals surface area contributed by atoms with Gasteiger partial charge in [-0.05, 0) is 6.42 Å². The lowest BCUT2D eigenvalue weighted by atomic mass is 10.2.